The smallest absolute Gasteiger partial charge is 0.247 e. The Balaban J connectivity index is 1.67. The predicted octanol–water partition coefficient (Wildman–Crippen LogP) is 5.52. The summed E-state index contributed by atoms with van der Waals surface area (Å²) < 4.78 is 0. The SMILES string of the molecule is CN(C(=O)[C@@H](Cc1ccc2ccccc2c1)N(C)C(=O)/C=C/CC(C)(C)N)C(C(=O)NC1CC(C)(C)NC(C)(C)C1)c1ccccc1. The molecule has 0 saturated carbocycles. The van der Waals surface area contributed by atoms with Crippen molar-refractivity contribution in [2.24, 2.45) is 5.73 Å². The number of nitrogens with one attached hydrogen (secondary N) is 2. The number of nitrogens with two attached hydrogens (primary N) is 1. The van der Waals surface area contributed by atoms with Crippen LogP contribution in [0.2, 0.25) is 0 Å². The van der Waals surface area contributed by atoms with Crippen molar-refractivity contribution < 1.29 is 14.4 Å². The van der Waals surface area contributed by atoms with Crippen LogP contribution in [0.5, 0.6) is 0 Å². The van der Waals surface area contributed by atoms with Gasteiger partial charge in [0.1, 0.15) is 12.1 Å². The molecule has 8 nitrogen and oxygen atoms in total. The molecule has 3 aromatic carbocycles. The molecule has 0 radical (unpaired) electrons. The van der Waals surface area contributed by atoms with Crippen molar-refractivity contribution in [2.75, 3.05) is 14.1 Å². The zero-order chi connectivity index (χ0) is 34.6. The van der Waals surface area contributed by atoms with Gasteiger partial charge < -0.3 is 26.2 Å². The van der Waals surface area contributed by atoms with Crippen molar-refractivity contribution in [3.63, 3.8) is 0 Å². The number of rotatable bonds is 11. The van der Waals surface area contributed by atoms with Gasteiger partial charge in [-0.1, -0.05) is 78.9 Å². The highest BCUT2D eigenvalue weighted by Gasteiger charge is 2.41. The predicted molar refractivity (Wildman–Crippen MR) is 191 cm³/mol. The maximum Gasteiger partial charge on any atom is 0.247 e. The van der Waals surface area contributed by atoms with Crippen LogP contribution in [0.3, 0.4) is 0 Å². The molecule has 1 aliphatic rings. The highest BCUT2D eigenvalue weighted by molar-refractivity contribution is 5.95. The summed E-state index contributed by atoms with van der Waals surface area (Å²) in [6, 6.07) is 21.7. The summed E-state index contributed by atoms with van der Waals surface area (Å²) in [7, 11) is 3.31. The number of carbonyl (C=O) groups excluding carboxylic acids is 3. The second-order valence-electron chi connectivity index (χ2n) is 15.2. The molecular formula is C39H53N5O3. The minimum Gasteiger partial charge on any atom is -0.351 e. The van der Waals surface area contributed by atoms with E-state index in [0.717, 1.165) is 29.2 Å². The normalized spacial score (nSPS) is 17.6. The van der Waals surface area contributed by atoms with Crippen LogP contribution in [-0.2, 0) is 20.8 Å². The van der Waals surface area contributed by atoms with E-state index in [1.54, 1.807) is 20.2 Å². The first-order chi connectivity index (χ1) is 21.9. The molecule has 4 N–H and O–H groups in total. The van der Waals surface area contributed by atoms with Crippen molar-refractivity contribution in [3.05, 3.63) is 96.1 Å². The van der Waals surface area contributed by atoms with E-state index in [1.165, 1.54) is 15.9 Å². The fourth-order valence-electron chi connectivity index (χ4n) is 6.97. The Morgan fingerprint density at radius 3 is 2.13 bits per heavy atom. The van der Waals surface area contributed by atoms with Crippen LogP contribution in [0.1, 0.15) is 78.0 Å². The largest absolute Gasteiger partial charge is 0.351 e. The number of amides is 3. The Kier molecular flexibility index (Phi) is 11.0. The third-order valence-corrected chi connectivity index (χ3v) is 8.88. The lowest BCUT2D eigenvalue weighted by Crippen LogP contribution is -2.62. The van der Waals surface area contributed by atoms with Gasteiger partial charge in [0.15, 0.2) is 0 Å². The first-order valence-electron chi connectivity index (χ1n) is 16.6. The minimum absolute atomic E-state index is 0.0713. The van der Waals surface area contributed by atoms with E-state index in [-0.39, 0.29) is 41.3 Å². The van der Waals surface area contributed by atoms with Gasteiger partial charge in [-0.2, -0.15) is 0 Å². The van der Waals surface area contributed by atoms with Gasteiger partial charge in [-0.3, -0.25) is 14.4 Å². The van der Waals surface area contributed by atoms with Crippen LogP contribution in [0.25, 0.3) is 10.8 Å². The van der Waals surface area contributed by atoms with Gasteiger partial charge in [0.05, 0.1) is 0 Å². The molecular weight excluding hydrogens is 586 g/mol. The lowest BCUT2D eigenvalue weighted by molar-refractivity contribution is -0.146. The number of benzene rings is 3. The highest BCUT2D eigenvalue weighted by atomic mass is 16.2. The van der Waals surface area contributed by atoms with E-state index in [4.69, 9.17) is 5.73 Å². The highest BCUT2D eigenvalue weighted by Crippen LogP contribution is 2.30. The average molecular weight is 640 g/mol. The van der Waals surface area contributed by atoms with Crippen molar-refractivity contribution in [1.82, 2.24) is 20.4 Å². The standard InChI is InChI=1S/C39H53N5O3/c1-37(2,40)22-14-19-33(45)43(7)32(24-27-20-21-28-15-12-13-18-30(28)23-27)36(47)44(8)34(29-16-10-9-11-17-29)35(46)41-31-25-38(3,4)42-39(5,6)26-31/h9-21,23,31-32,34,42H,22,24-26,40H2,1-8H3,(H,41,46)/b19-14+/t32-,34?/m1/s1. The maximum absolute atomic E-state index is 14.6. The van der Waals surface area contributed by atoms with Gasteiger partial charge >= 0.3 is 0 Å². The van der Waals surface area contributed by atoms with E-state index in [0.29, 0.717) is 12.0 Å². The third-order valence-electron chi connectivity index (χ3n) is 8.88. The van der Waals surface area contributed by atoms with Crippen LogP contribution in [0.15, 0.2) is 84.9 Å². The monoisotopic (exact) mass is 639 g/mol. The first-order valence-corrected chi connectivity index (χ1v) is 16.6. The molecule has 0 bridgehead atoms. The van der Waals surface area contributed by atoms with Crippen molar-refractivity contribution in [1.29, 1.82) is 0 Å². The molecule has 2 atom stereocenters. The number of hydrogen-bond donors (Lipinski definition) is 3. The Morgan fingerprint density at radius 2 is 1.51 bits per heavy atom. The Morgan fingerprint density at radius 1 is 0.915 bits per heavy atom. The lowest BCUT2D eigenvalue weighted by Gasteiger charge is -2.47. The molecule has 0 spiro atoms. The van der Waals surface area contributed by atoms with Crippen molar-refractivity contribution in [3.8, 4) is 0 Å². The molecule has 4 rings (SSSR count). The molecule has 3 amide bonds. The summed E-state index contributed by atoms with van der Waals surface area (Å²) in [5.41, 5.74) is 6.96. The van der Waals surface area contributed by atoms with Gasteiger partial charge in [-0.25, -0.2) is 0 Å². The quantitative estimate of drug-likeness (QED) is 0.240. The molecule has 1 fully saturated rings. The summed E-state index contributed by atoms with van der Waals surface area (Å²) in [4.78, 5) is 45.3. The molecule has 3 aromatic rings. The maximum atomic E-state index is 14.6. The van der Waals surface area contributed by atoms with Gasteiger partial charge in [-0.05, 0) is 88.8 Å². The zero-order valence-corrected chi connectivity index (χ0v) is 29.3. The third kappa shape index (κ3) is 9.75. The van der Waals surface area contributed by atoms with Gasteiger partial charge in [0.25, 0.3) is 0 Å². The van der Waals surface area contributed by atoms with E-state index in [1.807, 2.05) is 80.6 Å². The molecule has 47 heavy (non-hydrogen) atoms. The Labute approximate surface area is 280 Å². The van der Waals surface area contributed by atoms with Crippen molar-refractivity contribution >= 4 is 28.5 Å². The van der Waals surface area contributed by atoms with Crippen LogP contribution in [-0.4, -0.2) is 70.3 Å². The second kappa shape index (κ2) is 14.4. The Hall–Kier alpha value is -4.01. The van der Waals surface area contributed by atoms with Crippen LogP contribution >= 0.6 is 0 Å². The fraction of sp³-hybridized carbons (Fsp3) is 0.462. The summed E-state index contributed by atoms with van der Waals surface area (Å²) in [6.45, 7) is 12.4. The van der Waals surface area contributed by atoms with Crippen LogP contribution in [0, 0.1) is 0 Å². The van der Waals surface area contributed by atoms with Crippen molar-refractivity contribution in [2.45, 2.75) is 102 Å². The zero-order valence-electron chi connectivity index (χ0n) is 29.3. The number of hydrogen-bond acceptors (Lipinski definition) is 5. The molecule has 252 valence electrons. The summed E-state index contributed by atoms with van der Waals surface area (Å²) >= 11 is 0. The van der Waals surface area contributed by atoms with E-state index in [9.17, 15) is 14.4 Å². The molecule has 1 unspecified atom stereocenters. The van der Waals surface area contributed by atoms with E-state index < -0.39 is 17.6 Å². The Bertz CT molecular complexity index is 1570. The second-order valence-corrected chi connectivity index (χ2v) is 15.2. The van der Waals surface area contributed by atoms with Gasteiger partial charge in [0.2, 0.25) is 17.7 Å². The number of nitrogens with zero attached hydrogens (tertiary/aromatic N) is 2. The molecule has 8 heteroatoms. The lowest BCUT2D eigenvalue weighted by atomic mass is 9.79. The molecule has 1 aliphatic heterocycles. The number of likely N-dealkylation sites (N-methyl/N-ethyl adjacent to an activating group) is 2. The topological polar surface area (TPSA) is 108 Å². The first kappa shape index (κ1) is 35.8. The molecule has 1 saturated heterocycles. The van der Waals surface area contributed by atoms with Crippen LogP contribution < -0.4 is 16.4 Å². The van der Waals surface area contributed by atoms with E-state index in [2.05, 4.69) is 44.4 Å². The molecule has 0 aromatic heterocycles. The molecule has 0 aliphatic carbocycles. The average Bonchev–Trinajstić information content (AvgIpc) is 2.97. The van der Waals surface area contributed by atoms with Crippen LogP contribution in [0.4, 0.5) is 0 Å². The summed E-state index contributed by atoms with van der Waals surface area (Å²) in [5.74, 6) is -0.868. The number of piperidine rings is 1. The minimum atomic E-state index is -0.888. The number of carbonyl (C=O) groups is 3. The fourth-order valence-corrected chi connectivity index (χ4v) is 6.97. The van der Waals surface area contributed by atoms with Gasteiger partial charge in [-0.15, -0.1) is 0 Å². The van der Waals surface area contributed by atoms with E-state index >= 15 is 0 Å². The van der Waals surface area contributed by atoms with Gasteiger partial charge in [0, 0.05) is 43.2 Å². The summed E-state index contributed by atoms with van der Waals surface area (Å²) in [5, 5.41) is 9.11. The summed E-state index contributed by atoms with van der Waals surface area (Å²) in [6.07, 6.45) is 5.55. The molecule has 1 heterocycles. The number of fused-ring (bicyclic) bond motifs is 1.